The summed E-state index contributed by atoms with van der Waals surface area (Å²) in [7, 11) is 0. The maximum Gasteiger partial charge on any atom is 0.261 e. The quantitative estimate of drug-likeness (QED) is 0.828. The van der Waals surface area contributed by atoms with Crippen LogP contribution in [0.2, 0.25) is 0 Å². The van der Waals surface area contributed by atoms with E-state index in [1.807, 2.05) is 0 Å². The summed E-state index contributed by atoms with van der Waals surface area (Å²) in [6.45, 7) is 0. The first-order valence-electron chi connectivity index (χ1n) is 4.91. The Morgan fingerprint density at radius 3 is 2.82 bits per heavy atom. The highest BCUT2D eigenvalue weighted by atomic mass is 19.1. The molecule has 1 aromatic carbocycles. The van der Waals surface area contributed by atoms with Crippen molar-refractivity contribution in [3.05, 3.63) is 64.3 Å². The molecule has 86 valence electrons. The van der Waals surface area contributed by atoms with Gasteiger partial charge in [0.05, 0.1) is 0 Å². The molecule has 1 aromatic heterocycles. The van der Waals surface area contributed by atoms with E-state index in [1.54, 1.807) is 0 Å². The van der Waals surface area contributed by atoms with Crippen molar-refractivity contribution in [2.24, 2.45) is 0 Å². The standard InChI is InChI=1S/C12H9FN2O2/c13-8-2-1-3-9(6-8)15-12(17)10-7-14-5-4-11(10)16/h1-7H,(H,14,16)(H,15,17). The lowest BCUT2D eigenvalue weighted by Gasteiger charge is -2.04. The molecule has 2 aromatic rings. The van der Waals surface area contributed by atoms with Gasteiger partial charge in [-0.05, 0) is 18.2 Å². The number of aromatic amines is 1. The second-order valence-electron chi connectivity index (χ2n) is 3.39. The monoisotopic (exact) mass is 232 g/mol. The normalized spacial score (nSPS) is 9.94. The molecule has 5 heteroatoms. The molecule has 0 atom stereocenters. The Morgan fingerprint density at radius 1 is 1.29 bits per heavy atom. The van der Waals surface area contributed by atoms with Gasteiger partial charge in [-0.2, -0.15) is 0 Å². The predicted molar refractivity (Wildman–Crippen MR) is 61.4 cm³/mol. The first kappa shape index (κ1) is 11.1. The molecule has 0 fully saturated rings. The lowest BCUT2D eigenvalue weighted by atomic mass is 10.2. The Labute approximate surface area is 96.1 Å². The van der Waals surface area contributed by atoms with Gasteiger partial charge < -0.3 is 10.3 Å². The first-order valence-corrected chi connectivity index (χ1v) is 4.91. The molecule has 0 aliphatic carbocycles. The molecule has 0 unspecified atom stereocenters. The third-order valence-corrected chi connectivity index (χ3v) is 2.15. The van der Waals surface area contributed by atoms with E-state index in [-0.39, 0.29) is 5.56 Å². The molecule has 0 aliphatic heterocycles. The maximum atomic E-state index is 12.9. The zero-order chi connectivity index (χ0) is 12.3. The van der Waals surface area contributed by atoms with Gasteiger partial charge in [0.25, 0.3) is 5.91 Å². The Morgan fingerprint density at radius 2 is 2.12 bits per heavy atom. The average molecular weight is 232 g/mol. The highest BCUT2D eigenvalue weighted by molar-refractivity contribution is 6.03. The molecule has 1 heterocycles. The van der Waals surface area contributed by atoms with Gasteiger partial charge in [0.15, 0.2) is 5.43 Å². The summed E-state index contributed by atoms with van der Waals surface area (Å²) in [6, 6.07) is 6.71. The zero-order valence-electron chi connectivity index (χ0n) is 8.74. The number of anilines is 1. The Bertz CT molecular complexity index is 607. The molecule has 0 saturated heterocycles. The fourth-order valence-electron chi connectivity index (χ4n) is 1.36. The van der Waals surface area contributed by atoms with Crippen LogP contribution in [0.3, 0.4) is 0 Å². The number of pyridine rings is 1. The average Bonchev–Trinajstić information content (AvgIpc) is 2.29. The lowest BCUT2D eigenvalue weighted by molar-refractivity contribution is 0.102. The van der Waals surface area contributed by atoms with E-state index >= 15 is 0 Å². The van der Waals surface area contributed by atoms with Crippen LogP contribution >= 0.6 is 0 Å². The number of rotatable bonds is 2. The summed E-state index contributed by atoms with van der Waals surface area (Å²) in [4.78, 5) is 25.7. The fourth-order valence-corrected chi connectivity index (χ4v) is 1.36. The third-order valence-electron chi connectivity index (χ3n) is 2.15. The van der Waals surface area contributed by atoms with E-state index < -0.39 is 17.2 Å². The van der Waals surface area contributed by atoms with Crippen LogP contribution in [0.5, 0.6) is 0 Å². The molecule has 0 saturated carbocycles. The maximum absolute atomic E-state index is 12.9. The molecule has 0 bridgehead atoms. The highest BCUT2D eigenvalue weighted by Gasteiger charge is 2.09. The number of hydrogen-bond donors (Lipinski definition) is 2. The number of benzene rings is 1. The minimum Gasteiger partial charge on any atom is -0.367 e. The van der Waals surface area contributed by atoms with E-state index in [4.69, 9.17) is 0 Å². The molecule has 2 rings (SSSR count). The van der Waals surface area contributed by atoms with Gasteiger partial charge >= 0.3 is 0 Å². The molecular formula is C12H9FN2O2. The van der Waals surface area contributed by atoms with Crippen LogP contribution in [-0.2, 0) is 0 Å². The molecule has 4 nitrogen and oxygen atoms in total. The van der Waals surface area contributed by atoms with Crippen molar-refractivity contribution in [2.75, 3.05) is 5.32 Å². The van der Waals surface area contributed by atoms with Crippen LogP contribution in [0.1, 0.15) is 10.4 Å². The van der Waals surface area contributed by atoms with Crippen LogP contribution in [0.25, 0.3) is 0 Å². The molecule has 1 amide bonds. The van der Waals surface area contributed by atoms with Crippen LogP contribution < -0.4 is 10.7 Å². The lowest BCUT2D eigenvalue weighted by Crippen LogP contribution is -2.20. The Balaban J connectivity index is 2.23. The van der Waals surface area contributed by atoms with Crippen LogP contribution in [0, 0.1) is 5.82 Å². The molecule has 0 spiro atoms. The van der Waals surface area contributed by atoms with Gasteiger partial charge in [0.2, 0.25) is 0 Å². The van der Waals surface area contributed by atoms with Crippen molar-refractivity contribution in [3.8, 4) is 0 Å². The van der Waals surface area contributed by atoms with E-state index in [0.717, 1.165) is 0 Å². The fraction of sp³-hybridized carbons (Fsp3) is 0. The minimum absolute atomic E-state index is 0.0169. The largest absolute Gasteiger partial charge is 0.367 e. The number of hydrogen-bond acceptors (Lipinski definition) is 2. The second-order valence-corrected chi connectivity index (χ2v) is 3.39. The summed E-state index contributed by atoms with van der Waals surface area (Å²) in [5.41, 5.74) is -0.104. The number of halogens is 1. The number of carbonyl (C=O) groups excluding carboxylic acids is 1. The van der Waals surface area contributed by atoms with Crippen molar-refractivity contribution < 1.29 is 9.18 Å². The Hall–Kier alpha value is -2.43. The summed E-state index contributed by atoms with van der Waals surface area (Å²) in [5.74, 6) is -1.03. The predicted octanol–water partition coefficient (Wildman–Crippen LogP) is 1.77. The number of nitrogens with one attached hydrogen (secondary N) is 2. The van der Waals surface area contributed by atoms with Crippen molar-refractivity contribution in [3.63, 3.8) is 0 Å². The minimum atomic E-state index is -0.572. The van der Waals surface area contributed by atoms with E-state index in [2.05, 4.69) is 10.3 Å². The summed E-state index contributed by atoms with van der Waals surface area (Å²) >= 11 is 0. The van der Waals surface area contributed by atoms with E-state index in [0.29, 0.717) is 5.69 Å². The molecule has 2 N–H and O–H groups in total. The van der Waals surface area contributed by atoms with Crippen molar-refractivity contribution >= 4 is 11.6 Å². The summed E-state index contributed by atoms with van der Waals surface area (Å²) < 4.78 is 12.9. The topological polar surface area (TPSA) is 62.0 Å². The molecular weight excluding hydrogens is 223 g/mol. The first-order chi connectivity index (χ1) is 8.16. The molecule has 0 radical (unpaired) electrons. The van der Waals surface area contributed by atoms with Crippen molar-refractivity contribution in [2.45, 2.75) is 0 Å². The highest BCUT2D eigenvalue weighted by Crippen LogP contribution is 2.09. The van der Waals surface area contributed by atoms with Gasteiger partial charge in [-0.3, -0.25) is 9.59 Å². The zero-order valence-corrected chi connectivity index (χ0v) is 8.74. The van der Waals surface area contributed by atoms with Crippen LogP contribution in [-0.4, -0.2) is 10.9 Å². The van der Waals surface area contributed by atoms with Gasteiger partial charge in [0.1, 0.15) is 11.4 Å². The van der Waals surface area contributed by atoms with Gasteiger partial charge in [-0.1, -0.05) is 6.07 Å². The summed E-state index contributed by atoms with van der Waals surface area (Å²) in [6.07, 6.45) is 2.73. The third kappa shape index (κ3) is 2.57. The van der Waals surface area contributed by atoms with Gasteiger partial charge in [0, 0.05) is 24.1 Å². The number of H-pyrrole nitrogens is 1. The molecule has 0 aliphatic rings. The van der Waals surface area contributed by atoms with Crippen molar-refractivity contribution in [1.29, 1.82) is 0 Å². The molecule has 17 heavy (non-hydrogen) atoms. The van der Waals surface area contributed by atoms with Crippen LogP contribution in [0.4, 0.5) is 10.1 Å². The number of amides is 1. The van der Waals surface area contributed by atoms with Gasteiger partial charge in [-0.25, -0.2) is 4.39 Å². The van der Waals surface area contributed by atoms with Gasteiger partial charge in [-0.15, -0.1) is 0 Å². The smallest absolute Gasteiger partial charge is 0.261 e. The Kier molecular flexibility index (Phi) is 3.00. The number of aromatic nitrogens is 1. The SMILES string of the molecule is O=C(Nc1cccc(F)c1)c1c[nH]ccc1=O. The van der Waals surface area contributed by atoms with E-state index in [9.17, 15) is 14.0 Å². The second kappa shape index (κ2) is 4.61. The van der Waals surface area contributed by atoms with Crippen LogP contribution in [0.15, 0.2) is 47.5 Å². The van der Waals surface area contributed by atoms with E-state index in [1.165, 1.54) is 42.7 Å². The summed E-state index contributed by atoms with van der Waals surface area (Å²) in [5, 5.41) is 2.44. The van der Waals surface area contributed by atoms with Crippen molar-refractivity contribution in [1.82, 2.24) is 4.98 Å². The number of carbonyl (C=O) groups is 1.